The smallest absolute Gasteiger partial charge is 0.226 e. The third-order valence-electron chi connectivity index (χ3n) is 4.64. The zero-order chi connectivity index (χ0) is 16.9. The molecule has 8 heteroatoms. The van der Waals surface area contributed by atoms with E-state index >= 15 is 0 Å². The summed E-state index contributed by atoms with van der Waals surface area (Å²) >= 11 is 3.27. The second-order valence-corrected chi connectivity index (χ2v) is 7.22. The van der Waals surface area contributed by atoms with Crippen molar-refractivity contribution >= 4 is 38.7 Å². The van der Waals surface area contributed by atoms with Gasteiger partial charge >= 0.3 is 0 Å². The molecule has 0 N–H and O–H groups in total. The maximum Gasteiger partial charge on any atom is 0.226 e. The van der Waals surface area contributed by atoms with Crippen molar-refractivity contribution < 1.29 is 13.9 Å². The van der Waals surface area contributed by atoms with Gasteiger partial charge in [0, 0.05) is 42.6 Å². The average Bonchev–Trinajstić information content (AvgIpc) is 2.52. The van der Waals surface area contributed by atoms with Gasteiger partial charge in [0.05, 0.1) is 13.2 Å². The van der Waals surface area contributed by atoms with Crippen molar-refractivity contribution in [3.63, 3.8) is 0 Å². The van der Waals surface area contributed by atoms with Crippen LogP contribution in [-0.2, 0) is 9.53 Å². The molecule has 2 aromatic rings. The molecule has 2 fully saturated rings. The second kappa shape index (κ2) is 5.63. The van der Waals surface area contributed by atoms with Crippen molar-refractivity contribution in [1.82, 2.24) is 14.9 Å². The number of ether oxygens (including phenoxy) is 1. The summed E-state index contributed by atoms with van der Waals surface area (Å²) in [6.07, 6.45) is 1.63. The molecule has 0 aliphatic carbocycles. The molecule has 0 saturated carbocycles. The van der Waals surface area contributed by atoms with Gasteiger partial charge in [0.15, 0.2) is 5.82 Å². The molecule has 24 heavy (non-hydrogen) atoms. The first-order chi connectivity index (χ1) is 11.5. The van der Waals surface area contributed by atoms with Gasteiger partial charge in [-0.3, -0.25) is 4.79 Å². The van der Waals surface area contributed by atoms with E-state index < -0.39 is 0 Å². The van der Waals surface area contributed by atoms with Gasteiger partial charge in [0.1, 0.15) is 11.1 Å². The number of anilines is 1. The number of carbonyl (C=O) groups excluding carboxylic acids is 1. The molecule has 2 saturated heterocycles. The third kappa shape index (κ3) is 2.44. The van der Waals surface area contributed by atoms with Crippen molar-refractivity contribution in [3.8, 4) is 0 Å². The largest absolute Gasteiger partial charge is 0.376 e. The van der Waals surface area contributed by atoms with Crippen LogP contribution in [0.1, 0.15) is 6.92 Å². The van der Waals surface area contributed by atoms with E-state index in [1.54, 1.807) is 19.2 Å². The van der Waals surface area contributed by atoms with Crippen molar-refractivity contribution in [2.75, 3.05) is 37.7 Å². The SMILES string of the molecule is CC(=O)N1CCN(c2ncc3cc(Br)cc(F)c3n2)CC12COC2. The Morgan fingerprint density at radius 3 is 2.83 bits per heavy atom. The number of benzene rings is 1. The summed E-state index contributed by atoms with van der Waals surface area (Å²) in [5, 5.41) is 0.648. The van der Waals surface area contributed by atoms with Crippen LogP contribution in [0.5, 0.6) is 0 Å². The minimum absolute atomic E-state index is 0.0493. The summed E-state index contributed by atoms with van der Waals surface area (Å²) in [6, 6.07) is 3.19. The first-order valence-electron chi connectivity index (χ1n) is 7.71. The van der Waals surface area contributed by atoms with Crippen LogP contribution in [0, 0.1) is 5.82 Å². The molecule has 0 radical (unpaired) electrons. The first-order valence-corrected chi connectivity index (χ1v) is 8.50. The topological polar surface area (TPSA) is 58.6 Å². The Kier molecular flexibility index (Phi) is 3.69. The van der Waals surface area contributed by atoms with Gasteiger partial charge < -0.3 is 14.5 Å². The molecule has 2 aliphatic rings. The number of amides is 1. The van der Waals surface area contributed by atoms with Crippen molar-refractivity contribution in [2.24, 2.45) is 0 Å². The van der Waals surface area contributed by atoms with Crippen LogP contribution in [-0.4, -0.2) is 59.2 Å². The number of nitrogens with zero attached hydrogens (tertiary/aromatic N) is 4. The Labute approximate surface area is 146 Å². The number of carbonyl (C=O) groups is 1. The standard InChI is InChI=1S/C16H16BrFN4O2/c1-10(23)22-3-2-21(7-16(22)8-24-9-16)15-19-6-11-4-12(17)5-13(18)14(11)20-15/h4-6H,2-3,7-9H2,1H3. The molecule has 0 bridgehead atoms. The lowest BCUT2D eigenvalue weighted by atomic mass is 9.91. The number of aromatic nitrogens is 2. The molecule has 1 aromatic heterocycles. The molecular formula is C16H16BrFN4O2. The zero-order valence-electron chi connectivity index (χ0n) is 13.1. The van der Waals surface area contributed by atoms with Crippen LogP contribution in [0.3, 0.4) is 0 Å². The fourth-order valence-corrected chi connectivity index (χ4v) is 3.88. The van der Waals surface area contributed by atoms with E-state index in [2.05, 4.69) is 25.9 Å². The number of rotatable bonds is 1. The van der Waals surface area contributed by atoms with Crippen LogP contribution in [0.15, 0.2) is 22.8 Å². The van der Waals surface area contributed by atoms with Crippen LogP contribution in [0.4, 0.5) is 10.3 Å². The quantitative estimate of drug-likeness (QED) is 0.739. The second-order valence-electron chi connectivity index (χ2n) is 6.30. The summed E-state index contributed by atoms with van der Waals surface area (Å²) < 4.78 is 20.2. The number of halogens is 2. The minimum Gasteiger partial charge on any atom is -0.376 e. The summed E-state index contributed by atoms with van der Waals surface area (Å²) in [5.74, 6) is 0.151. The number of hydrogen-bond donors (Lipinski definition) is 0. The van der Waals surface area contributed by atoms with E-state index in [0.29, 0.717) is 54.2 Å². The molecule has 1 aromatic carbocycles. The van der Waals surface area contributed by atoms with E-state index in [-0.39, 0.29) is 17.3 Å². The Morgan fingerprint density at radius 2 is 2.17 bits per heavy atom. The fourth-order valence-electron chi connectivity index (χ4n) is 3.44. The van der Waals surface area contributed by atoms with Gasteiger partial charge in [-0.2, -0.15) is 0 Å². The van der Waals surface area contributed by atoms with Gasteiger partial charge in [0.2, 0.25) is 11.9 Å². The normalized spacial score (nSPS) is 19.6. The van der Waals surface area contributed by atoms with E-state index in [9.17, 15) is 9.18 Å². The van der Waals surface area contributed by atoms with E-state index in [1.807, 2.05) is 9.80 Å². The predicted octanol–water partition coefficient (Wildman–Crippen LogP) is 1.97. The highest BCUT2D eigenvalue weighted by molar-refractivity contribution is 9.10. The van der Waals surface area contributed by atoms with Gasteiger partial charge in [-0.15, -0.1) is 0 Å². The molecule has 1 spiro atoms. The monoisotopic (exact) mass is 394 g/mol. The van der Waals surface area contributed by atoms with Crippen molar-refractivity contribution in [2.45, 2.75) is 12.5 Å². The lowest BCUT2D eigenvalue weighted by Gasteiger charge is -2.54. The first kappa shape index (κ1) is 15.7. The Morgan fingerprint density at radius 1 is 1.38 bits per heavy atom. The predicted molar refractivity (Wildman–Crippen MR) is 90.3 cm³/mol. The minimum atomic E-state index is -0.382. The highest BCUT2D eigenvalue weighted by Crippen LogP contribution is 2.31. The number of hydrogen-bond acceptors (Lipinski definition) is 5. The maximum absolute atomic E-state index is 14.2. The molecule has 0 unspecified atom stereocenters. The number of piperazine rings is 1. The van der Waals surface area contributed by atoms with Crippen molar-refractivity contribution in [3.05, 3.63) is 28.6 Å². The number of fused-ring (bicyclic) bond motifs is 1. The van der Waals surface area contributed by atoms with E-state index in [0.717, 1.165) is 0 Å². The molecule has 3 heterocycles. The van der Waals surface area contributed by atoms with Crippen LogP contribution in [0.25, 0.3) is 10.9 Å². The lowest BCUT2D eigenvalue weighted by Crippen LogP contribution is -2.72. The van der Waals surface area contributed by atoms with Gasteiger partial charge in [-0.25, -0.2) is 14.4 Å². The molecular weight excluding hydrogens is 379 g/mol. The summed E-state index contributed by atoms with van der Waals surface area (Å²) in [6.45, 7) is 4.40. The average molecular weight is 395 g/mol. The van der Waals surface area contributed by atoms with Crippen molar-refractivity contribution in [1.29, 1.82) is 0 Å². The van der Waals surface area contributed by atoms with Crippen LogP contribution in [0.2, 0.25) is 0 Å². The van der Waals surface area contributed by atoms with Gasteiger partial charge in [-0.1, -0.05) is 15.9 Å². The summed E-state index contributed by atoms with van der Waals surface area (Å²) in [7, 11) is 0. The van der Waals surface area contributed by atoms with Gasteiger partial charge in [-0.05, 0) is 12.1 Å². The molecule has 126 valence electrons. The Hall–Kier alpha value is -1.80. The van der Waals surface area contributed by atoms with E-state index in [4.69, 9.17) is 4.74 Å². The third-order valence-corrected chi connectivity index (χ3v) is 5.10. The Balaban J connectivity index is 1.67. The summed E-state index contributed by atoms with van der Waals surface area (Å²) in [5.41, 5.74) is -0.0168. The maximum atomic E-state index is 14.2. The van der Waals surface area contributed by atoms with Gasteiger partial charge in [0.25, 0.3) is 0 Å². The van der Waals surface area contributed by atoms with Crippen LogP contribution < -0.4 is 4.90 Å². The van der Waals surface area contributed by atoms with E-state index in [1.165, 1.54) is 6.07 Å². The highest BCUT2D eigenvalue weighted by atomic mass is 79.9. The molecule has 2 aliphatic heterocycles. The lowest BCUT2D eigenvalue weighted by molar-refractivity contribution is -0.167. The molecule has 1 amide bonds. The zero-order valence-corrected chi connectivity index (χ0v) is 14.7. The highest BCUT2D eigenvalue weighted by Gasteiger charge is 2.49. The fraction of sp³-hybridized carbons (Fsp3) is 0.438. The molecule has 4 rings (SSSR count). The van der Waals surface area contributed by atoms with Crippen LogP contribution >= 0.6 is 15.9 Å². The Bertz CT molecular complexity index is 827. The molecule has 0 atom stereocenters. The molecule has 6 nitrogen and oxygen atoms in total. The summed E-state index contributed by atoms with van der Waals surface area (Å²) in [4.78, 5) is 24.5.